The van der Waals surface area contributed by atoms with E-state index in [1.807, 2.05) is 6.92 Å². The lowest BCUT2D eigenvalue weighted by Gasteiger charge is -1.70. The van der Waals surface area contributed by atoms with Gasteiger partial charge in [-0.1, -0.05) is 6.08 Å². The zero-order valence-electron chi connectivity index (χ0n) is 6.90. The topological polar surface area (TPSA) is 80.9 Å². The largest absolute Gasteiger partial charge is 0.394 e. The number of aliphatic hydroxyl groups is 4. The van der Waals surface area contributed by atoms with Crippen LogP contribution in [0.3, 0.4) is 0 Å². The van der Waals surface area contributed by atoms with E-state index < -0.39 is 0 Å². The van der Waals surface area contributed by atoms with Gasteiger partial charge >= 0.3 is 0 Å². The van der Waals surface area contributed by atoms with Gasteiger partial charge in [-0.2, -0.15) is 0 Å². The number of allylic oxidation sites excluding steroid dienone is 1. The lowest BCUT2D eigenvalue weighted by atomic mass is 10.8. The van der Waals surface area contributed by atoms with Crippen molar-refractivity contribution in [3.8, 4) is 0 Å². The molecule has 4 N–H and O–H groups in total. The first-order chi connectivity index (χ1) is 5.24. The van der Waals surface area contributed by atoms with Crippen LogP contribution in [0.1, 0.15) is 6.92 Å². The Hall–Kier alpha value is -0.420. The van der Waals surface area contributed by atoms with E-state index in [-0.39, 0.29) is 26.4 Å². The second-order valence-corrected chi connectivity index (χ2v) is 1.30. The van der Waals surface area contributed by atoms with Crippen LogP contribution in [0, 0.1) is 0 Å². The molecular weight excluding hydrogens is 148 g/mol. The third-order valence-corrected chi connectivity index (χ3v) is 0.200. The highest BCUT2D eigenvalue weighted by Crippen LogP contribution is 1.40. The lowest BCUT2D eigenvalue weighted by Crippen LogP contribution is -1.85. The molecule has 0 saturated heterocycles. The summed E-state index contributed by atoms with van der Waals surface area (Å²) in [6.45, 7) is 4.75. The molecule has 0 aromatic carbocycles. The monoisotopic (exact) mass is 166 g/mol. The fourth-order valence-electron chi connectivity index (χ4n) is 0. The molecule has 0 aliphatic heterocycles. The quantitative estimate of drug-likeness (QED) is 0.402. The number of rotatable bonds is 2. The van der Waals surface area contributed by atoms with Crippen LogP contribution < -0.4 is 0 Å². The number of hydrogen-bond acceptors (Lipinski definition) is 4. The molecule has 0 bridgehead atoms. The Kier molecular flexibility index (Phi) is 51.7. The zero-order valence-corrected chi connectivity index (χ0v) is 6.90. The van der Waals surface area contributed by atoms with Crippen LogP contribution in [0.25, 0.3) is 0 Å². The van der Waals surface area contributed by atoms with E-state index in [1.165, 1.54) is 0 Å². The first kappa shape index (κ1) is 16.9. The maximum Gasteiger partial charge on any atom is 0.0662 e. The van der Waals surface area contributed by atoms with Gasteiger partial charge in [0.1, 0.15) is 0 Å². The molecule has 0 aromatic heterocycles. The molecule has 0 rings (SSSR count). The highest BCUT2D eigenvalue weighted by atomic mass is 16.3. The summed E-state index contributed by atoms with van der Waals surface area (Å²) < 4.78 is 0. The molecule has 0 saturated carbocycles. The Bertz CT molecular complexity index is 39.7. The second kappa shape index (κ2) is 33.6. The van der Waals surface area contributed by atoms with Crippen LogP contribution in [-0.4, -0.2) is 46.9 Å². The first-order valence-corrected chi connectivity index (χ1v) is 3.25. The number of hydrogen-bond donors (Lipinski definition) is 4. The van der Waals surface area contributed by atoms with E-state index in [0.717, 1.165) is 0 Å². The lowest BCUT2D eigenvalue weighted by molar-refractivity contribution is 0.186. The second-order valence-electron chi connectivity index (χ2n) is 1.30. The average molecular weight is 166 g/mol. The van der Waals surface area contributed by atoms with Crippen LogP contribution in [0.4, 0.5) is 0 Å². The minimum atomic E-state index is -0.125. The average Bonchev–Trinajstić information content (AvgIpc) is 2.06. The summed E-state index contributed by atoms with van der Waals surface area (Å²) >= 11 is 0. The fraction of sp³-hybridized carbons (Fsp3) is 0.714. The summed E-state index contributed by atoms with van der Waals surface area (Å²) in [6.07, 6.45) is 1.75. The molecule has 4 heteroatoms. The van der Waals surface area contributed by atoms with E-state index in [9.17, 15) is 0 Å². The van der Waals surface area contributed by atoms with Gasteiger partial charge < -0.3 is 20.4 Å². The molecular formula is C7H18O4. The summed E-state index contributed by atoms with van der Waals surface area (Å²) in [4.78, 5) is 0. The van der Waals surface area contributed by atoms with Crippen molar-refractivity contribution in [2.75, 3.05) is 26.4 Å². The van der Waals surface area contributed by atoms with Crippen molar-refractivity contribution in [1.29, 1.82) is 0 Å². The summed E-state index contributed by atoms with van der Waals surface area (Å²) in [7, 11) is 0. The maximum atomic E-state index is 7.62. The van der Waals surface area contributed by atoms with Crippen LogP contribution in [-0.2, 0) is 0 Å². The van der Waals surface area contributed by atoms with Crippen LogP contribution >= 0.6 is 0 Å². The van der Waals surface area contributed by atoms with Gasteiger partial charge in [-0.05, 0) is 6.92 Å². The Morgan fingerprint density at radius 2 is 1.00 bits per heavy atom. The van der Waals surface area contributed by atoms with E-state index >= 15 is 0 Å². The molecule has 0 spiro atoms. The van der Waals surface area contributed by atoms with Gasteiger partial charge in [-0.15, -0.1) is 6.58 Å². The van der Waals surface area contributed by atoms with E-state index in [0.29, 0.717) is 0 Å². The van der Waals surface area contributed by atoms with Crippen molar-refractivity contribution < 1.29 is 20.4 Å². The molecule has 0 aliphatic carbocycles. The van der Waals surface area contributed by atoms with Crippen molar-refractivity contribution in [2.24, 2.45) is 0 Å². The zero-order chi connectivity index (χ0) is 9.54. The molecule has 0 atom stereocenters. The van der Waals surface area contributed by atoms with Crippen molar-refractivity contribution in [2.45, 2.75) is 6.92 Å². The summed E-state index contributed by atoms with van der Waals surface area (Å²) in [6, 6.07) is 0. The molecule has 0 aromatic rings. The maximum absolute atomic E-state index is 7.62. The standard InChI is InChI=1S/C3H6.2C2H6O2/c1-3-2;2*3-1-2-4/h3H,1H2,2H3;2*3-4H,1-2H2. The third kappa shape index (κ3) is 220. The van der Waals surface area contributed by atoms with Crippen LogP contribution in [0.5, 0.6) is 0 Å². The van der Waals surface area contributed by atoms with E-state index in [4.69, 9.17) is 20.4 Å². The molecule has 0 unspecified atom stereocenters. The van der Waals surface area contributed by atoms with Gasteiger partial charge in [0.15, 0.2) is 0 Å². The Morgan fingerprint density at radius 1 is 0.909 bits per heavy atom. The Labute approximate surface area is 67.4 Å². The molecule has 11 heavy (non-hydrogen) atoms. The minimum Gasteiger partial charge on any atom is -0.394 e. The van der Waals surface area contributed by atoms with Gasteiger partial charge in [0.05, 0.1) is 26.4 Å². The summed E-state index contributed by atoms with van der Waals surface area (Å²) in [5.41, 5.74) is 0. The third-order valence-electron chi connectivity index (χ3n) is 0.200. The van der Waals surface area contributed by atoms with Crippen molar-refractivity contribution in [3.05, 3.63) is 12.7 Å². The van der Waals surface area contributed by atoms with Gasteiger partial charge in [0.2, 0.25) is 0 Å². The van der Waals surface area contributed by atoms with Gasteiger partial charge in [0.25, 0.3) is 0 Å². The molecule has 0 aliphatic rings. The molecule has 4 nitrogen and oxygen atoms in total. The van der Waals surface area contributed by atoms with E-state index in [2.05, 4.69) is 6.58 Å². The molecule has 0 heterocycles. The van der Waals surface area contributed by atoms with Gasteiger partial charge in [-0.25, -0.2) is 0 Å². The normalized spacial score (nSPS) is 6.64. The number of aliphatic hydroxyl groups excluding tert-OH is 4. The predicted molar refractivity (Wildman–Crippen MR) is 44.2 cm³/mol. The highest BCUT2D eigenvalue weighted by Gasteiger charge is 1.58. The van der Waals surface area contributed by atoms with Crippen LogP contribution in [0.2, 0.25) is 0 Å². The predicted octanol–water partition coefficient (Wildman–Crippen LogP) is -0.866. The summed E-state index contributed by atoms with van der Waals surface area (Å²) in [5, 5.41) is 30.5. The Morgan fingerprint density at radius 3 is 1.00 bits per heavy atom. The summed E-state index contributed by atoms with van der Waals surface area (Å²) in [5.74, 6) is 0. The molecule has 0 fully saturated rings. The van der Waals surface area contributed by atoms with Crippen molar-refractivity contribution in [3.63, 3.8) is 0 Å². The first-order valence-electron chi connectivity index (χ1n) is 3.25. The van der Waals surface area contributed by atoms with Gasteiger partial charge in [0, 0.05) is 0 Å². The van der Waals surface area contributed by atoms with E-state index in [1.54, 1.807) is 6.08 Å². The fourth-order valence-corrected chi connectivity index (χ4v) is 0. The van der Waals surface area contributed by atoms with Gasteiger partial charge in [-0.3, -0.25) is 0 Å². The highest BCUT2D eigenvalue weighted by molar-refractivity contribution is 4.51. The SMILES string of the molecule is C=CC.OCCO.OCCO. The van der Waals surface area contributed by atoms with Crippen LogP contribution in [0.15, 0.2) is 12.7 Å². The van der Waals surface area contributed by atoms with Crippen molar-refractivity contribution in [1.82, 2.24) is 0 Å². The Balaban J connectivity index is -0.0000000886. The van der Waals surface area contributed by atoms with Crippen molar-refractivity contribution >= 4 is 0 Å². The molecule has 0 amide bonds. The smallest absolute Gasteiger partial charge is 0.0662 e. The molecule has 70 valence electrons. The minimum absolute atomic E-state index is 0.125. The molecule has 0 radical (unpaired) electrons.